The summed E-state index contributed by atoms with van der Waals surface area (Å²) < 4.78 is 0. The third kappa shape index (κ3) is 2.58. The molecular weight excluding hydrogens is 234 g/mol. The fraction of sp³-hybridized carbons (Fsp3) is 0.0769. The average Bonchev–Trinajstić information content (AvgIpc) is 2.39. The number of hydrogen-bond acceptors (Lipinski definition) is 3. The summed E-state index contributed by atoms with van der Waals surface area (Å²) in [5.74, 6) is 5.39. The first-order valence-corrected chi connectivity index (χ1v) is 5.68. The predicted octanol–water partition coefficient (Wildman–Crippen LogP) is 2.75. The van der Waals surface area contributed by atoms with E-state index in [0.29, 0.717) is 17.3 Å². The van der Waals surface area contributed by atoms with Gasteiger partial charge in [-0.1, -0.05) is 41.9 Å². The molecule has 5 N–H and O–H groups in total. The second-order valence-corrected chi connectivity index (χ2v) is 4.15. The molecule has 88 valence electrons. The predicted molar refractivity (Wildman–Crippen MR) is 72.6 cm³/mol. The number of anilines is 1. The van der Waals surface area contributed by atoms with Gasteiger partial charge in [0.2, 0.25) is 0 Å². The van der Waals surface area contributed by atoms with E-state index in [1.54, 1.807) is 0 Å². The van der Waals surface area contributed by atoms with Crippen molar-refractivity contribution in [1.82, 2.24) is 0 Å². The van der Waals surface area contributed by atoms with Crippen LogP contribution in [0.3, 0.4) is 0 Å². The maximum absolute atomic E-state index is 5.97. The second kappa shape index (κ2) is 5.19. The Morgan fingerprint density at radius 1 is 1.00 bits per heavy atom. The smallest absolute Gasteiger partial charge is 0.0678 e. The zero-order chi connectivity index (χ0) is 12.3. The summed E-state index contributed by atoms with van der Waals surface area (Å²) in [4.78, 5) is 0. The number of rotatable bonds is 3. The Labute approximate surface area is 105 Å². The topological polar surface area (TPSA) is 64.1 Å². The van der Waals surface area contributed by atoms with E-state index in [4.69, 9.17) is 23.2 Å². The molecule has 0 aliphatic heterocycles. The van der Waals surface area contributed by atoms with Gasteiger partial charge in [-0.3, -0.25) is 5.84 Å². The van der Waals surface area contributed by atoms with Crippen molar-refractivity contribution in [1.29, 1.82) is 0 Å². The van der Waals surface area contributed by atoms with Gasteiger partial charge in [-0.2, -0.15) is 0 Å². The molecule has 3 nitrogen and oxygen atoms in total. The maximum atomic E-state index is 5.97. The van der Waals surface area contributed by atoms with Crippen molar-refractivity contribution in [3.63, 3.8) is 0 Å². The van der Waals surface area contributed by atoms with Gasteiger partial charge < -0.3 is 11.2 Å². The Morgan fingerprint density at radius 2 is 1.65 bits per heavy atom. The van der Waals surface area contributed by atoms with Crippen molar-refractivity contribution in [2.24, 2.45) is 11.6 Å². The SMILES string of the molecule is NCc1ccc(-c2ccc(Cl)c(NN)c2)cc1. The highest BCUT2D eigenvalue weighted by molar-refractivity contribution is 6.33. The van der Waals surface area contributed by atoms with Crippen molar-refractivity contribution < 1.29 is 0 Å². The minimum absolute atomic E-state index is 0.552. The van der Waals surface area contributed by atoms with Crippen LogP contribution in [0.2, 0.25) is 5.02 Å². The van der Waals surface area contributed by atoms with Crippen LogP contribution in [-0.4, -0.2) is 0 Å². The van der Waals surface area contributed by atoms with E-state index in [1.807, 2.05) is 42.5 Å². The van der Waals surface area contributed by atoms with Crippen LogP contribution in [0.25, 0.3) is 11.1 Å². The lowest BCUT2D eigenvalue weighted by atomic mass is 10.0. The van der Waals surface area contributed by atoms with Crippen molar-refractivity contribution in [2.75, 3.05) is 5.43 Å². The molecular formula is C13H14ClN3. The van der Waals surface area contributed by atoms with Gasteiger partial charge in [-0.05, 0) is 28.8 Å². The van der Waals surface area contributed by atoms with Crippen molar-refractivity contribution in [3.8, 4) is 11.1 Å². The van der Waals surface area contributed by atoms with E-state index in [1.165, 1.54) is 0 Å². The molecule has 0 aliphatic carbocycles. The minimum Gasteiger partial charge on any atom is -0.326 e. The van der Waals surface area contributed by atoms with E-state index in [0.717, 1.165) is 16.7 Å². The van der Waals surface area contributed by atoms with E-state index >= 15 is 0 Å². The number of nitrogens with one attached hydrogen (secondary N) is 1. The largest absolute Gasteiger partial charge is 0.326 e. The third-order valence-electron chi connectivity index (χ3n) is 2.64. The molecule has 4 heteroatoms. The minimum atomic E-state index is 0.552. The molecule has 2 aromatic rings. The van der Waals surface area contributed by atoms with Crippen LogP contribution < -0.4 is 17.0 Å². The van der Waals surface area contributed by atoms with Crippen molar-refractivity contribution in [3.05, 3.63) is 53.1 Å². The second-order valence-electron chi connectivity index (χ2n) is 3.74. The lowest BCUT2D eigenvalue weighted by Crippen LogP contribution is -2.07. The molecule has 0 saturated carbocycles. The van der Waals surface area contributed by atoms with Crippen LogP contribution >= 0.6 is 11.6 Å². The normalized spacial score (nSPS) is 10.3. The Kier molecular flexibility index (Phi) is 3.64. The molecule has 2 aromatic carbocycles. The Morgan fingerprint density at radius 3 is 2.24 bits per heavy atom. The average molecular weight is 248 g/mol. The van der Waals surface area contributed by atoms with E-state index in [9.17, 15) is 0 Å². The van der Waals surface area contributed by atoms with Crippen LogP contribution in [-0.2, 0) is 6.54 Å². The summed E-state index contributed by atoms with van der Waals surface area (Å²) in [5.41, 5.74) is 12.1. The maximum Gasteiger partial charge on any atom is 0.0678 e. The van der Waals surface area contributed by atoms with Crippen LogP contribution in [0.4, 0.5) is 5.69 Å². The standard InChI is InChI=1S/C13H14ClN3/c14-12-6-5-11(7-13(12)17-16)10-3-1-9(8-15)2-4-10/h1-7,17H,8,15-16H2. The molecule has 17 heavy (non-hydrogen) atoms. The lowest BCUT2D eigenvalue weighted by molar-refractivity contribution is 1.07. The first kappa shape index (κ1) is 11.9. The molecule has 0 bridgehead atoms. The number of nitrogen functional groups attached to an aromatic ring is 1. The summed E-state index contributed by atoms with van der Waals surface area (Å²) in [7, 11) is 0. The highest BCUT2D eigenvalue weighted by atomic mass is 35.5. The van der Waals surface area contributed by atoms with Gasteiger partial charge in [0.15, 0.2) is 0 Å². The molecule has 0 atom stereocenters. The Balaban J connectivity index is 2.38. The number of benzene rings is 2. The molecule has 0 amide bonds. The van der Waals surface area contributed by atoms with Crippen LogP contribution in [0, 0.1) is 0 Å². The molecule has 0 saturated heterocycles. The molecule has 0 heterocycles. The van der Waals surface area contributed by atoms with E-state index in [2.05, 4.69) is 5.43 Å². The summed E-state index contributed by atoms with van der Waals surface area (Å²) in [6, 6.07) is 13.8. The lowest BCUT2D eigenvalue weighted by Gasteiger charge is -2.07. The van der Waals surface area contributed by atoms with Gasteiger partial charge in [0.05, 0.1) is 10.7 Å². The van der Waals surface area contributed by atoms with Gasteiger partial charge in [0, 0.05) is 6.54 Å². The number of hydrogen-bond donors (Lipinski definition) is 3. The molecule has 0 fully saturated rings. The molecule has 0 aromatic heterocycles. The zero-order valence-corrected chi connectivity index (χ0v) is 10.0. The summed E-state index contributed by atoms with van der Waals surface area (Å²) in [6.07, 6.45) is 0. The summed E-state index contributed by atoms with van der Waals surface area (Å²) in [6.45, 7) is 0.552. The monoisotopic (exact) mass is 247 g/mol. The quantitative estimate of drug-likeness (QED) is 0.577. The van der Waals surface area contributed by atoms with Crippen LogP contribution in [0.5, 0.6) is 0 Å². The fourth-order valence-electron chi connectivity index (χ4n) is 1.65. The van der Waals surface area contributed by atoms with Gasteiger partial charge >= 0.3 is 0 Å². The first-order valence-electron chi connectivity index (χ1n) is 5.30. The van der Waals surface area contributed by atoms with Crippen LogP contribution in [0.1, 0.15) is 5.56 Å². The summed E-state index contributed by atoms with van der Waals surface area (Å²) >= 11 is 5.97. The van der Waals surface area contributed by atoms with Gasteiger partial charge in [-0.25, -0.2) is 0 Å². The Bertz CT molecular complexity index is 509. The van der Waals surface area contributed by atoms with E-state index < -0.39 is 0 Å². The molecule has 0 aliphatic rings. The van der Waals surface area contributed by atoms with Crippen molar-refractivity contribution in [2.45, 2.75) is 6.54 Å². The number of hydrazine groups is 1. The first-order chi connectivity index (χ1) is 8.24. The highest BCUT2D eigenvalue weighted by Crippen LogP contribution is 2.28. The zero-order valence-electron chi connectivity index (χ0n) is 9.28. The van der Waals surface area contributed by atoms with Crippen molar-refractivity contribution >= 4 is 17.3 Å². The van der Waals surface area contributed by atoms with Gasteiger partial charge in [-0.15, -0.1) is 0 Å². The Hall–Kier alpha value is -1.55. The van der Waals surface area contributed by atoms with Crippen LogP contribution in [0.15, 0.2) is 42.5 Å². The number of halogens is 1. The molecule has 0 spiro atoms. The highest BCUT2D eigenvalue weighted by Gasteiger charge is 2.02. The molecule has 0 radical (unpaired) electrons. The fourth-order valence-corrected chi connectivity index (χ4v) is 1.82. The molecule has 0 unspecified atom stereocenters. The third-order valence-corrected chi connectivity index (χ3v) is 2.97. The van der Waals surface area contributed by atoms with Gasteiger partial charge in [0.25, 0.3) is 0 Å². The molecule has 2 rings (SSSR count). The van der Waals surface area contributed by atoms with E-state index in [-0.39, 0.29) is 0 Å². The number of nitrogens with two attached hydrogens (primary N) is 2. The van der Waals surface area contributed by atoms with Gasteiger partial charge in [0.1, 0.15) is 0 Å². The summed E-state index contributed by atoms with van der Waals surface area (Å²) in [5, 5.41) is 0.606.